The molecule has 1 saturated heterocycles. The molecule has 1 aliphatic carbocycles. The molecule has 0 amide bonds. The molecule has 5 nitrogen and oxygen atoms in total. The van der Waals surface area contributed by atoms with Crippen LogP contribution in [0, 0.1) is 11.8 Å². The first kappa shape index (κ1) is 13.3. The van der Waals surface area contributed by atoms with Gasteiger partial charge in [0.05, 0.1) is 0 Å². The molecule has 0 aromatic heterocycles. The van der Waals surface area contributed by atoms with Crippen LogP contribution in [-0.4, -0.2) is 44.9 Å². The van der Waals surface area contributed by atoms with E-state index in [0.29, 0.717) is 24.9 Å². The minimum Gasteiger partial charge on any atom is -0.314 e. The Kier molecular flexibility index (Phi) is 4.07. The summed E-state index contributed by atoms with van der Waals surface area (Å²) in [5.74, 6) is 1.05. The van der Waals surface area contributed by atoms with Gasteiger partial charge in [0.1, 0.15) is 0 Å². The summed E-state index contributed by atoms with van der Waals surface area (Å²) in [6.45, 7) is 6.99. The SMILES string of the molecule is CC1CCC(NS(=O)(=O)N2CCNCC2)C1C. The third-order valence-electron chi connectivity index (χ3n) is 4.18. The summed E-state index contributed by atoms with van der Waals surface area (Å²) in [4.78, 5) is 0. The van der Waals surface area contributed by atoms with E-state index in [9.17, 15) is 8.42 Å². The first-order chi connectivity index (χ1) is 8.00. The largest absolute Gasteiger partial charge is 0.314 e. The van der Waals surface area contributed by atoms with Gasteiger partial charge < -0.3 is 5.32 Å². The van der Waals surface area contributed by atoms with Crippen molar-refractivity contribution in [2.45, 2.75) is 32.7 Å². The molecule has 1 saturated carbocycles. The summed E-state index contributed by atoms with van der Waals surface area (Å²) in [6, 6.07) is 0.116. The maximum absolute atomic E-state index is 12.2. The van der Waals surface area contributed by atoms with Gasteiger partial charge in [-0.05, 0) is 24.7 Å². The standard InChI is InChI=1S/C11H23N3O2S/c1-9-3-4-11(10(9)2)13-17(15,16)14-7-5-12-6-8-14/h9-13H,3-8H2,1-2H3. The average molecular weight is 261 g/mol. The van der Waals surface area contributed by atoms with Gasteiger partial charge in [0, 0.05) is 32.2 Å². The van der Waals surface area contributed by atoms with Gasteiger partial charge in [-0.3, -0.25) is 0 Å². The number of hydrogen-bond acceptors (Lipinski definition) is 3. The number of nitrogens with zero attached hydrogens (tertiary/aromatic N) is 1. The van der Waals surface area contributed by atoms with Crippen molar-refractivity contribution in [3.63, 3.8) is 0 Å². The lowest BCUT2D eigenvalue weighted by molar-refractivity contribution is 0.341. The number of hydrogen-bond donors (Lipinski definition) is 2. The molecule has 3 unspecified atom stereocenters. The molecule has 0 aromatic carbocycles. The van der Waals surface area contributed by atoms with Gasteiger partial charge in [-0.2, -0.15) is 17.4 Å². The highest BCUT2D eigenvalue weighted by Crippen LogP contribution is 2.31. The molecule has 0 radical (unpaired) electrons. The van der Waals surface area contributed by atoms with Crippen LogP contribution in [0.4, 0.5) is 0 Å². The molecule has 0 bridgehead atoms. The minimum atomic E-state index is -3.28. The van der Waals surface area contributed by atoms with E-state index < -0.39 is 10.2 Å². The van der Waals surface area contributed by atoms with Crippen molar-refractivity contribution in [1.82, 2.24) is 14.3 Å². The molecule has 2 N–H and O–H groups in total. The van der Waals surface area contributed by atoms with E-state index in [1.165, 1.54) is 0 Å². The van der Waals surface area contributed by atoms with Crippen molar-refractivity contribution in [3.05, 3.63) is 0 Å². The van der Waals surface area contributed by atoms with Crippen molar-refractivity contribution >= 4 is 10.2 Å². The normalized spacial score (nSPS) is 36.2. The van der Waals surface area contributed by atoms with Crippen LogP contribution in [0.25, 0.3) is 0 Å². The molecule has 3 atom stereocenters. The molecule has 1 aliphatic heterocycles. The van der Waals surface area contributed by atoms with Crippen molar-refractivity contribution < 1.29 is 8.42 Å². The van der Waals surface area contributed by atoms with Crippen LogP contribution in [0.1, 0.15) is 26.7 Å². The molecule has 2 aliphatic rings. The fourth-order valence-corrected chi connectivity index (χ4v) is 4.21. The molecule has 1 heterocycles. The van der Waals surface area contributed by atoms with Crippen LogP contribution in [-0.2, 0) is 10.2 Å². The van der Waals surface area contributed by atoms with Crippen LogP contribution < -0.4 is 10.0 Å². The van der Waals surface area contributed by atoms with Crippen molar-refractivity contribution in [1.29, 1.82) is 0 Å². The highest BCUT2D eigenvalue weighted by molar-refractivity contribution is 7.87. The second-order valence-electron chi connectivity index (χ2n) is 5.29. The highest BCUT2D eigenvalue weighted by atomic mass is 32.2. The summed E-state index contributed by atoms with van der Waals surface area (Å²) in [7, 11) is -3.28. The van der Waals surface area contributed by atoms with Gasteiger partial charge in [0.25, 0.3) is 10.2 Å². The second kappa shape index (κ2) is 5.22. The predicted molar refractivity (Wildman–Crippen MR) is 67.8 cm³/mol. The van der Waals surface area contributed by atoms with Crippen LogP contribution in [0.15, 0.2) is 0 Å². The summed E-state index contributed by atoms with van der Waals surface area (Å²) in [5.41, 5.74) is 0. The lowest BCUT2D eigenvalue weighted by atomic mass is 9.98. The molecular weight excluding hydrogens is 238 g/mol. The van der Waals surface area contributed by atoms with Crippen LogP contribution in [0.5, 0.6) is 0 Å². The molecule has 17 heavy (non-hydrogen) atoms. The lowest BCUT2D eigenvalue weighted by Gasteiger charge is -2.29. The Balaban J connectivity index is 1.97. The van der Waals surface area contributed by atoms with Gasteiger partial charge in [0.2, 0.25) is 0 Å². The topological polar surface area (TPSA) is 61.4 Å². The van der Waals surface area contributed by atoms with E-state index in [1.807, 2.05) is 0 Å². The first-order valence-electron chi connectivity index (χ1n) is 6.49. The fraction of sp³-hybridized carbons (Fsp3) is 1.00. The van der Waals surface area contributed by atoms with Crippen LogP contribution >= 0.6 is 0 Å². The zero-order valence-corrected chi connectivity index (χ0v) is 11.5. The Morgan fingerprint density at radius 1 is 1.18 bits per heavy atom. The Hall–Kier alpha value is -0.170. The fourth-order valence-electron chi connectivity index (χ4n) is 2.68. The summed E-state index contributed by atoms with van der Waals surface area (Å²) >= 11 is 0. The van der Waals surface area contributed by atoms with Gasteiger partial charge in [0.15, 0.2) is 0 Å². The molecule has 2 rings (SSSR count). The zero-order valence-electron chi connectivity index (χ0n) is 10.6. The van der Waals surface area contributed by atoms with E-state index in [0.717, 1.165) is 25.9 Å². The zero-order chi connectivity index (χ0) is 12.5. The van der Waals surface area contributed by atoms with E-state index in [2.05, 4.69) is 23.9 Å². The van der Waals surface area contributed by atoms with E-state index in [4.69, 9.17) is 0 Å². The predicted octanol–water partition coefficient (Wildman–Crippen LogP) is 0.161. The van der Waals surface area contributed by atoms with Gasteiger partial charge in [-0.15, -0.1) is 0 Å². The van der Waals surface area contributed by atoms with Crippen molar-refractivity contribution in [3.8, 4) is 0 Å². The number of nitrogens with one attached hydrogen (secondary N) is 2. The number of piperazine rings is 1. The first-order valence-corrected chi connectivity index (χ1v) is 7.93. The molecule has 0 aromatic rings. The molecule has 100 valence electrons. The highest BCUT2D eigenvalue weighted by Gasteiger charge is 2.34. The Morgan fingerprint density at radius 3 is 2.35 bits per heavy atom. The molecule has 0 spiro atoms. The smallest absolute Gasteiger partial charge is 0.279 e. The van der Waals surface area contributed by atoms with E-state index in [1.54, 1.807) is 4.31 Å². The summed E-state index contributed by atoms with van der Waals surface area (Å²) < 4.78 is 28.8. The Morgan fingerprint density at radius 2 is 1.82 bits per heavy atom. The molecule has 6 heteroatoms. The molecule has 2 fully saturated rings. The number of rotatable bonds is 3. The Labute approximate surface area is 104 Å². The maximum atomic E-state index is 12.2. The second-order valence-corrected chi connectivity index (χ2v) is 6.99. The van der Waals surface area contributed by atoms with Crippen molar-refractivity contribution in [2.24, 2.45) is 11.8 Å². The van der Waals surface area contributed by atoms with Crippen LogP contribution in [0.2, 0.25) is 0 Å². The molecular formula is C11H23N3O2S. The third-order valence-corrected chi connectivity index (χ3v) is 5.83. The third kappa shape index (κ3) is 2.99. The summed E-state index contributed by atoms with van der Waals surface area (Å²) in [5, 5.41) is 3.16. The summed E-state index contributed by atoms with van der Waals surface area (Å²) in [6.07, 6.45) is 2.09. The van der Waals surface area contributed by atoms with E-state index >= 15 is 0 Å². The van der Waals surface area contributed by atoms with Crippen molar-refractivity contribution in [2.75, 3.05) is 26.2 Å². The average Bonchev–Trinajstić information content (AvgIpc) is 2.62. The van der Waals surface area contributed by atoms with E-state index in [-0.39, 0.29) is 6.04 Å². The van der Waals surface area contributed by atoms with Gasteiger partial charge in [-0.25, -0.2) is 0 Å². The monoisotopic (exact) mass is 261 g/mol. The van der Waals surface area contributed by atoms with Crippen LogP contribution in [0.3, 0.4) is 0 Å². The van der Waals surface area contributed by atoms with Gasteiger partial charge >= 0.3 is 0 Å². The maximum Gasteiger partial charge on any atom is 0.279 e. The lowest BCUT2D eigenvalue weighted by Crippen LogP contribution is -2.53. The Bertz CT molecular complexity index is 352. The minimum absolute atomic E-state index is 0.116. The van der Waals surface area contributed by atoms with Gasteiger partial charge in [-0.1, -0.05) is 13.8 Å². The quantitative estimate of drug-likeness (QED) is 0.761.